The number of nitrogens with one attached hydrogen (secondary N) is 1. The van der Waals surface area contributed by atoms with Crippen LogP contribution in [0.15, 0.2) is 30.3 Å². The van der Waals surface area contributed by atoms with Crippen molar-refractivity contribution in [3.8, 4) is 0 Å². The fourth-order valence-electron chi connectivity index (χ4n) is 1.83. The van der Waals surface area contributed by atoms with E-state index in [0.717, 1.165) is 5.56 Å². The molecule has 0 aliphatic heterocycles. The van der Waals surface area contributed by atoms with Crippen molar-refractivity contribution < 1.29 is 4.39 Å². The zero-order valence-corrected chi connectivity index (χ0v) is 13.4. The summed E-state index contributed by atoms with van der Waals surface area (Å²) in [7, 11) is 0. The third-order valence-electron chi connectivity index (χ3n) is 2.80. The molecule has 0 saturated carbocycles. The molecule has 0 aromatic heterocycles. The van der Waals surface area contributed by atoms with E-state index in [1.165, 1.54) is 12.1 Å². The fourth-order valence-corrected chi connectivity index (χ4v) is 3.08. The van der Waals surface area contributed by atoms with Gasteiger partial charge >= 0.3 is 0 Å². The van der Waals surface area contributed by atoms with Crippen molar-refractivity contribution in [2.75, 3.05) is 5.32 Å². The first-order valence-electron chi connectivity index (χ1n) is 5.74. The summed E-state index contributed by atoms with van der Waals surface area (Å²) in [5.41, 5.74) is 1.31. The molecule has 20 heavy (non-hydrogen) atoms. The summed E-state index contributed by atoms with van der Waals surface area (Å²) in [5, 5.41) is 4.77. The van der Waals surface area contributed by atoms with Crippen LogP contribution in [0.5, 0.6) is 0 Å². The average molecular weight is 353 g/mol. The van der Waals surface area contributed by atoms with Crippen molar-refractivity contribution in [1.29, 1.82) is 0 Å². The third kappa shape index (κ3) is 3.50. The molecule has 0 heterocycles. The van der Waals surface area contributed by atoms with Crippen LogP contribution in [0, 0.1) is 5.82 Å². The van der Waals surface area contributed by atoms with Crippen LogP contribution in [0.25, 0.3) is 0 Å². The molecule has 0 bridgehead atoms. The Hall–Kier alpha value is -0.670. The first kappa shape index (κ1) is 15.7. The molecule has 0 amide bonds. The van der Waals surface area contributed by atoms with E-state index in [9.17, 15) is 4.39 Å². The highest BCUT2D eigenvalue weighted by molar-refractivity contribution is 6.41. The van der Waals surface area contributed by atoms with Crippen LogP contribution in [0.3, 0.4) is 0 Å². The lowest BCUT2D eigenvalue weighted by atomic mass is 10.1. The van der Waals surface area contributed by atoms with Crippen molar-refractivity contribution in [1.82, 2.24) is 0 Å². The molecule has 0 saturated heterocycles. The number of anilines is 1. The summed E-state index contributed by atoms with van der Waals surface area (Å²) in [6, 6.07) is 7.23. The average Bonchev–Trinajstić information content (AvgIpc) is 2.33. The monoisotopic (exact) mass is 351 g/mol. The molecule has 106 valence electrons. The van der Waals surface area contributed by atoms with Crippen molar-refractivity contribution in [3.63, 3.8) is 0 Å². The van der Waals surface area contributed by atoms with E-state index in [4.69, 9.17) is 46.4 Å². The number of halogens is 5. The number of hydrogen-bond donors (Lipinski definition) is 1. The second-order valence-electron chi connectivity index (χ2n) is 4.28. The molecule has 1 atom stereocenters. The predicted molar refractivity (Wildman–Crippen MR) is 84.9 cm³/mol. The van der Waals surface area contributed by atoms with Crippen LogP contribution in [0.2, 0.25) is 20.1 Å². The predicted octanol–water partition coefficient (Wildman–Crippen LogP) is 6.61. The lowest BCUT2D eigenvalue weighted by molar-refractivity contribution is 0.626. The minimum Gasteiger partial charge on any atom is -0.376 e. The van der Waals surface area contributed by atoms with E-state index in [2.05, 4.69) is 5.32 Å². The maximum Gasteiger partial charge on any atom is 0.124 e. The number of hydrogen-bond acceptors (Lipinski definition) is 1. The van der Waals surface area contributed by atoms with Gasteiger partial charge in [0.25, 0.3) is 0 Å². The van der Waals surface area contributed by atoms with Crippen molar-refractivity contribution in [2.24, 2.45) is 0 Å². The van der Waals surface area contributed by atoms with Crippen LogP contribution in [0.4, 0.5) is 10.1 Å². The second kappa shape index (κ2) is 6.40. The Morgan fingerprint density at radius 1 is 0.950 bits per heavy atom. The van der Waals surface area contributed by atoms with Gasteiger partial charge in [0.1, 0.15) is 5.82 Å². The van der Waals surface area contributed by atoms with Gasteiger partial charge in [0.15, 0.2) is 0 Å². The zero-order chi connectivity index (χ0) is 14.9. The second-order valence-corrected chi connectivity index (χ2v) is 5.93. The minimum absolute atomic E-state index is 0.195. The van der Waals surface area contributed by atoms with Crippen LogP contribution in [-0.4, -0.2) is 0 Å². The standard InChI is InChI=1S/C14H10Cl4FN/c1-7(10-3-2-9(19)6-11(10)16)20-14-12(17)4-8(15)5-13(14)18/h2-7,20H,1H3. The molecule has 0 aliphatic rings. The van der Waals surface area contributed by atoms with Gasteiger partial charge in [0, 0.05) is 10.0 Å². The summed E-state index contributed by atoms with van der Waals surface area (Å²) in [4.78, 5) is 0. The highest BCUT2D eigenvalue weighted by Crippen LogP contribution is 2.36. The van der Waals surface area contributed by atoms with E-state index in [1.54, 1.807) is 18.2 Å². The van der Waals surface area contributed by atoms with Gasteiger partial charge in [-0.2, -0.15) is 0 Å². The molecule has 1 nitrogen and oxygen atoms in total. The summed E-state index contributed by atoms with van der Waals surface area (Å²) < 4.78 is 13.0. The molecule has 6 heteroatoms. The normalized spacial score (nSPS) is 12.3. The molecule has 2 rings (SSSR count). The molecule has 0 radical (unpaired) electrons. The minimum atomic E-state index is -0.381. The Balaban J connectivity index is 2.30. The van der Waals surface area contributed by atoms with Gasteiger partial charge in [-0.15, -0.1) is 0 Å². The maximum atomic E-state index is 13.0. The molecular weight excluding hydrogens is 343 g/mol. The number of benzene rings is 2. The van der Waals surface area contributed by atoms with Crippen molar-refractivity contribution >= 4 is 52.1 Å². The summed E-state index contributed by atoms with van der Waals surface area (Å²) in [6.07, 6.45) is 0. The zero-order valence-electron chi connectivity index (χ0n) is 10.4. The molecule has 0 aliphatic carbocycles. The Morgan fingerprint density at radius 3 is 2.10 bits per heavy atom. The first-order valence-corrected chi connectivity index (χ1v) is 7.25. The summed E-state index contributed by atoms with van der Waals surface area (Å²) in [6.45, 7) is 1.88. The molecule has 1 N–H and O–H groups in total. The van der Waals surface area contributed by atoms with Gasteiger partial charge in [0.05, 0.1) is 21.8 Å². The van der Waals surface area contributed by atoms with E-state index < -0.39 is 0 Å². The Bertz CT molecular complexity index is 622. The van der Waals surface area contributed by atoms with Crippen molar-refractivity contribution in [2.45, 2.75) is 13.0 Å². The first-order chi connectivity index (χ1) is 9.38. The van der Waals surface area contributed by atoms with Gasteiger partial charge in [-0.1, -0.05) is 52.5 Å². The van der Waals surface area contributed by atoms with Gasteiger partial charge in [0.2, 0.25) is 0 Å². The summed E-state index contributed by atoms with van der Waals surface area (Å²) >= 11 is 24.1. The largest absolute Gasteiger partial charge is 0.376 e. The SMILES string of the molecule is CC(Nc1c(Cl)cc(Cl)cc1Cl)c1ccc(F)cc1Cl. The van der Waals surface area contributed by atoms with Crippen LogP contribution < -0.4 is 5.32 Å². The summed E-state index contributed by atoms with van der Waals surface area (Å²) in [5.74, 6) is -0.381. The van der Waals surface area contributed by atoms with Gasteiger partial charge in [-0.3, -0.25) is 0 Å². The molecule has 2 aromatic rings. The molecule has 0 spiro atoms. The smallest absolute Gasteiger partial charge is 0.124 e. The fraction of sp³-hybridized carbons (Fsp3) is 0.143. The number of rotatable bonds is 3. The van der Waals surface area contributed by atoms with Crippen LogP contribution in [-0.2, 0) is 0 Å². The lowest BCUT2D eigenvalue weighted by Gasteiger charge is -2.19. The Labute approximate surface area is 136 Å². The van der Waals surface area contributed by atoms with Gasteiger partial charge in [-0.05, 0) is 36.8 Å². The van der Waals surface area contributed by atoms with E-state index in [1.807, 2.05) is 6.92 Å². The van der Waals surface area contributed by atoms with Crippen molar-refractivity contribution in [3.05, 3.63) is 61.8 Å². The Kier molecular flexibility index (Phi) is 5.03. The molecule has 0 fully saturated rings. The topological polar surface area (TPSA) is 12.0 Å². The lowest BCUT2D eigenvalue weighted by Crippen LogP contribution is -2.08. The third-order valence-corrected chi connectivity index (χ3v) is 3.94. The Morgan fingerprint density at radius 2 is 1.55 bits per heavy atom. The highest BCUT2D eigenvalue weighted by Gasteiger charge is 2.14. The van der Waals surface area contributed by atoms with Gasteiger partial charge in [-0.25, -0.2) is 4.39 Å². The highest BCUT2D eigenvalue weighted by atomic mass is 35.5. The van der Waals surface area contributed by atoms with Crippen LogP contribution >= 0.6 is 46.4 Å². The molecule has 2 aromatic carbocycles. The van der Waals surface area contributed by atoms with Crippen LogP contribution in [0.1, 0.15) is 18.5 Å². The van der Waals surface area contributed by atoms with E-state index in [-0.39, 0.29) is 11.9 Å². The molecular formula is C14H10Cl4FN. The van der Waals surface area contributed by atoms with E-state index in [0.29, 0.717) is 25.8 Å². The van der Waals surface area contributed by atoms with Gasteiger partial charge < -0.3 is 5.32 Å². The molecule has 1 unspecified atom stereocenters. The maximum absolute atomic E-state index is 13.0. The quantitative estimate of drug-likeness (QED) is 0.655. The van der Waals surface area contributed by atoms with E-state index >= 15 is 0 Å².